The molecule has 0 saturated heterocycles. The molecule has 3 N–H and O–H groups in total. The number of thiophene rings is 1. The smallest absolute Gasteiger partial charge is 0.241 e. The van der Waals surface area contributed by atoms with Crippen molar-refractivity contribution in [2.75, 3.05) is 20.1 Å². The highest BCUT2D eigenvalue weighted by molar-refractivity contribution is 7.89. The fourth-order valence-corrected chi connectivity index (χ4v) is 4.51. The standard InChI is InChI=1S/C14H27N3O2S2/c1-11(2)17(4)8-6-5-7-16-21(18,19)14-9-13(10-15)20-12(14)3/h9,11,16H,5-8,10,15H2,1-4H3. The van der Waals surface area contributed by atoms with Gasteiger partial charge in [-0.1, -0.05) is 0 Å². The molecule has 0 amide bonds. The Bertz CT molecular complexity index is 538. The van der Waals surface area contributed by atoms with Gasteiger partial charge in [0.2, 0.25) is 10.0 Å². The molecule has 0 atom stereocenters. The van der Waals surface area contributed by atoms with E-state index >= 15 is 0 Å². The molecule has 1 rings (SSSR count). The van der Waals surface area contributed by atoms with E-state index in [0.29, 0.717) is 24.0 Å². The van der Waals surface area contributed by atoms with Crippen LogP contribution in [-0.2, 0) is 16.6 Å². The monoisotopic (exact) mass is 333 g/mol. The van der Waals surface area contributed by atoms with Crippen LogP contribution in [0.25, 0.3) is 0 Å². The molecule has 0 saturated carbocycles. The maximum absolute atomic E-state index is 12.2. The van der Waals surface area contributed by atoms with Crippen LogP contribution in [0.4, 0.5) is 0 Å². The minimum absolute atomic E-state index is 0.368. The van der Waals surface area contributed by atoms with E-state index in [2.05, 4.69) is 30.5 Å². The molecular formula is C14H27N3O2S2. The zero-order chi connectivity index (χ0) is 16.0. The third-order valence-corrected chi connectivity index (χ3v) is 6.31. The molecule has 0 aliphatic rings. The zero-order valence-electron chi connectivity index (χ0n) is 13.3. The fourth-order valence-electron chi connectivity index (χ4n) is 1.92. The molecule has 122 valence electrons. The highest BCUT2D eigenvalue weighted by Crippen LogP contribution is 2.25. The molecule has 7 heteroatoms. The zero-order valence-corrected chi connectivity index (χ0v) is 15.0. The maximum Gasteiger partial charge on any atom is 0.241 e. The van der Waals surface area contributed by atoms with Gasteiger partial charge in [-0.25, -0.2) is 13.1 Å². The second kappa shape index (κ2) is 8.24. The lowest BCUT2D eigenvalue weighted by Crippen LogP contribution is -2.29. The van der Waals surface area contributed by atoms with Crippen molar-refractivity contribution in [2.45, 2.75) is 51.1 Å². The lowest BCUT2D eigenvalue weighted by molar-refractivity contribution is 0.268. The number of aryl methyl sites for hydroxylation is 1. The lowest BCUT2D eigenvalue weighted by Gasteiger charge is -2.20. The van der Waals surface area contributed by atoms with Crippen molar-refractivity contribution in [1.82, 2.24) is 9.62 Å². The van der Waals surface area contributed by atoms with Gasteiger partial charge in [-0.2, -0.15) is 0 Å². The van der Waals surface area contributed by atoms with E-state index in [-0.39, 0.29) is 0 Å². The minimum Gasteiger partial charge on any atom is -0.326 e. The summed E-state index contributed by atoms with van der Waals surface area (Å²) in [6.45, 7) is 7.95. The summed E-state index contributed by atoms with van der Waals surface area (Å²) in [6, 6.07) is 2.19. The van der Waals surface area contributed by atoms with Crippen LogP contribution in [0.1, 0.15) is 36.4 Å². The molecule has 0 aromatic carbocycles. The second-order valence-electron chi connectivity index (χ2n) is 5.52. The molecule has 0 fully saturated rings. The predicted octanol–water partition coefficient (Wildman–Crippen LogP) is 1.91. The highest BCUT2D eigenvalue weighted by atomic mass is 32.2. The van der Waals surface area contributed by atoms with Gasteiger partial charge in [-0.3, -0.25) is 0 Å². The van der Waals surface area contributed by atoms with Crippen molar-refractivity contribution >= 4 is 21.4 Å². The Morgan fingerprint density at radius 2 is 2.05 bits per heavy atom. The topological polar surface area (TPSA) is 75.4 Å². The Hall–Kier alpha value is -0.470. The van der Waals surface area contributed by atoms with E-state index < -0.39 is 10.0 Å². The van der Waals surface area contributed by atoms with Crippen LogP contribution in [0.15, 0.2) is 11.0 Å². The molecular weight excluding hydrogens is 306 g/mol. The Morgan fingerprint density at radius 1 is 1.38 bits per heavy atom. The third-order valence-electron chi connectivity index (χ3n) is 3.53. The lowest BCUT2D eigenvalue weighted by atomic mass is 10.2. The van der Waals surface area contributed by atoms with E-state index in [1.165, 1.54) is 11.3 Å². The van der Waals surface area contributed by atoms with Crippen molar-refractivity contribution in [3.63, 3.8) is 0 Å². The van der Waals surface area contributed by atoms with Crippen LogP contribution in [-0.4, -0.2) is 39.5 Å². The third kappa shape index (κ3) is 5.67. The molecule has 0 radical (unpaired) electrons. The maximum atomic E-state index is 12.2. The average molecular weight is 334 g/mol. The van der Waals surface area contributed by atoms with Crippen LogP contribution in [0, 0.1) is 6.92 Å². The first-order chi connectivity index (χ1) is 9.77. The summed E-state index contributed by atoms with van der Waals surface area (Å²) in [5.74, 6) is 0. The Kier molecular flexibility index (Phi) is 7.29. The molecule has 0 spiro atoms. The van der Waals surface area contributed by atoms with Crippen molar-refractivity contribution in [3.05, 3.63) is 15.8 Å². The van der Waals surface area contributed by atoms with Gasteiger partial charge in [0, 0.05) is 28.9 Å². The second-order valence-corrected chi connectivity index (χ2v) is 8.59. The fraction of sp³-hybridized carbons (Fsp3) is 0.714. The van der Waals surface area contributed by atoms with Crippen molar-refractivity contribution in [3.8, 4) is 0 Å². The molecule has 0 aliphatic heterocycles. The highest BCUT2D eigenvalue weighted by Gasteiger charge is 2.18. The van der Waals surface area contributed by atoms with Gasteiger partial charge in [-0.05, 0) is 53.3 Å². The molecule has 1 aromatic heterocycles. The van der Waals surface area contributed by atoms with Crippen LogP contribution in [0.3, 0.4) is 0 Å². The van der Waals surface area contributed by atoms with Crippen LogP contribution in [0.5, 0.6) is 0 Å². The van der Waals surface area contributed by atoms with Crippen LogP contribution in [0.2, 0.25) is 0 Å². The summed E-state index contributed by atoms with van der Waals surface area (Å²) in [5.41, 5.74) is 5.56. The van der Waals surface area contributed by atoms with Crippen molar-refractivity contribution in [1.29, 1.82) is 0 Å². The summed E-state index contributed by atoms with van der Waals surface area (Å²) in [5, 5.41) is 0. The molecule has 1 aromatic rings. The number of unbranched alkanes of at least 4 members (excludes halogenated alkanes) is 1. The average Bonchev–Trinajstić information content (AvgIpc) is 2.80. The van der Waals surface area contributed by atoms with Crippen LogP contribution >= 0.6 is 11.3 Å². The summed E-state index contributed by atoms with van der Waals surface area (Å²) in [4.78, 5) is 4.31. The summed E-state index contributed by atoms with van der Waals surface area (Å²) >= 11 is 1.44. The number of nitrogens with one attached hydrogen (secondary N) is 1. The van der Waals surface area contributed by atoms with Crippen molar-refractivity contribution < 1.29 is 8.42 Å². The number of hydrogen-bond donors (Lipinski definition) is 2. The van der Waals surface area contributed by atoms with Gasteiger partial charge < -0.3 is 10.6 Å². The number of nitrogens with two attached hydrogens (primary N) is 1. The summed E-state index contributed by atoms with van der Waals surface area (Å²) in [7, 11) is -1.32. The largest absolute Gasteiger partial charge is 0.326 e. The molecule has 21 heavy (non-hydrogen) atoms. The van der Waals surface area contributed by atoms with Gasteiger partial charge in [0.25, 0.3) is 0 Å². The van der Waals surface area contributed by atoms with E-state index in [0.717, 1.165) is 29.1 Å². The first kappa shape index (κ1) is 18.6. The number of hydrogen-bond acceptors (Lipinski definition) is 5. The number of sulfonamides is 1. The number of nitrogens with zero attached hydrogens (tertiary/aromatic N) is 1. The van der Waals surface area contributed by atoms with Gasteiger partial charge in [0.15, 0.2) is 0 Å². The molecule has 0 aliphatic carbocycles. The quantitative estimate of drug-likeness (QED) is 0.677. The molecule has 1 heterocycles. The first-order valence-corrected chi connectivity index (χ1v) is 9.57. The summed E-state index contributed by atoms with van der Waals surface area (Å²) in [6.07, 6.45) is 1.82. The molecule has 0 bridgehead atoms. The van der Waals surface area contributed by atoms with E-state index in [1.807, 2.05) is 6.92 Å². The Labute approximate surface area is 132 Å². The predicted molar refractivity (Wildman–Crippen MR) is 89.1 cm³/mol. The molecule has 0 unspecified atom stereocenters. The summed E-state index contributed by atoms with van der Waals surface area (Å²) < 4.78 is 27.1. The van der Waals surface area contributed by atoms with Crippen LogP contribution < -0.4 is 10.5 Å². The van der Waals surface area contributed by atoms with Gasteiger partial charge in [0.1, 0.15) is 0 Å². The number of rotatable bonds is 9. The van der Waals surface area contributed by atoms with E-state index in [4.69, 9.17) is 5.73 Å². The van der Waals surface area contributed by atoms with Gasteiger partial charge in [-0.15, -0.1) is 11.3 Å². The molecule has 5 nitrogen and oxygen atoms in total. The van der Waals surface area contributed by atoms with Gasteiger partial charge in [0.05, 0.1) is 4.90 Å². The first-order valence-electron chi connectivity index (χ1n) is 7.27. The Balaban J connectivity index is 2.45. The Morgan fingerprint density at radius 3 is 2.57 bits per heavy atom. The normalized spacial score (nSPS) is 12.5. The minimum atomic E-state index is -3.41. The van der Waals surface area contributed by atoms with Gasteiger partial charge >= 0.3 is 0 Å². The van der Waals surface area contributed by atoms with E-state index in [9.17, 15) is 8.42 Å². The van der Waals surface area contributed by atoms with Crippen molar-refractivity contribution in [2.24, 2.45) is 5.73 Å². The van der Waals surface area contributed by atoms with E-state index in [1.54, 1.807) is 6.07 Å². The SMILES string of the molecule is Cc1sc(CN)cc1S(=O)(=O)NCCCCN(C)C(C)C.